The first kappa shape index (κ1) is 7.91. The van der Waals surface area contributed by atoms with Gasteiger partial charge in [-0.05, 0) is 23.8 Å². The molecule has 0 bridgehead atoms. The molecule has 2 rings (SSSR count). The molecule has 2 heterocycles. The van der Waals surface area contributed by atoms with Crippen molar-refractivity contribution in [3.63, 3.8) is 0 Å². The lowest BCUT2D eigenvalue weighted by atomic mass is 10.1. The molecule has 0 radical (unpaired) electrons. The van der Waals surface area contributed by atoms with E-state index in [0.29, 0.717) is 5.92 Å². The molecule has 1 aliphatic heterocycles. The predicted octanol–water partition coefficient (Wildman–Crippen LogP) is 0.947. The predicted molar refractivity (Wildman–Crippen MR) is 47.8 cm³/mol. The normalized spacial score (nSPS) is 23.2. The topological polar surface area (TPSA) is 64.9 Å². The molecule has 4 nitrogen and oxygen atoms in total. The maximum Gasteiger partial charge on any atom is 0.318 e. The van der Waals surface area contributed by atoms with Crippen molar-refractivity contribution < 1.29 is 4.52 Å². The maximum absolute atomic E-state index is 5.31. The lowest BCUT2D eigenvalue weighted by Crippen LogP contribution is -2.03. The average molecular weight is 185 g/mol. The second-order valence-electron chi connectivity index (χ2n) is 2.98. The summed E-state index contributed by atoms with van der Waals surface area (Å²) in [5.41, 5.74) is 5.31. The largest absolute Gasteiger partial charge is 0.351 e. The molecule has 1 saturated heterocycles. The zero-order chi connectivity index (χ0) is 8.39. The molecule has 2 N–H and O–H groups in total. The summed E-state index contributed by atoms with van der Waals surface area (Å²) in [4.78, 5) is 3.96. The van der Waals surface area contributed by atoms with Gasteiger partial charge in [0.15, 0.2) is 5.82 Å². The van der Waals surface area contributed by atoms with Crippen molar-refractivity contribution in [2.45, 2.75) is 12.8 Å². The summed E-state index contributed by atoms with van der Waals surface area (Å²) in [6, 6.07) is 0.177. The fraction of sp³-hybridized carbons (Fsp3) is 0.714. The van der Waals surface area contributed by atoms with Crippen molar-refractivity contribution >= 4 is 17.8 Å². The number of rotatable bonds is 2. The van der Waals surface area contributed by atoms with Gasteiger partial charge >= 0.3 is 6.01 Å². The molecule has 5 heteroatoms. The summed E-state index contributed by atoms with van der Waals surface area (Å²) in [6.07, 6.45) is 2.17. The highest BCUT2D eigenvalue weighted by atomic mass is 32.2. The first-order valence-corrected chi connectivity index (χ1v) is 5.16. The first-order valence-electron chi connectivity index (χ1n) is 4.00. The number of hydrogen-bond acceptors (Lipinski definition) is 5. The molecule has 0 saturated carbocycles. The van der Waals surface area contributed by atoms with Crippen molar-refractivity contribution in [3.8, 4) is 0 Å². The van der Waals surface area contributed by atoms with Crippen LogP contribution in [0.4, 0.5) is 6.01 Å². The minimum Gasteiger partial charge on any atom is -0.351 e. The number of hydrogen-bond donors (Lipinski definition) is 1. The standard InChI is InChI=1S/C7H11N3OS/c8-7-9-6(10-11-7)3-5-1-2-12-4-5/h5H,1-4H2,(H2,8,9,10). The highest BCUT2D eigenvalue weighted by molar-refractivity contribution is 7.99. The van der Waals surface area contributed by atoms with Gasteiger partial charge in [0.25, 0.3) is 0 Å². The molecular formula is C7H11N3OS. The van der Waals surface area contributed by atoms with Gasteiger partial charge in [0.1, 0.15) is 0 Å². The van der Waals surface area contributed by atoms with Gasteiger partial charge < -0.3 is 10.3 Å². The Morgan fingerprint density at radius 2 is 2.58 bits per heavy atom. The van der Waals surface area contributed by atoms with Crippen LogP contribution < -0.4 is 5.73 Å². The van der Waals surface area contributed by atoms with Gasteiger partial charge in [-0.25, -0.2) is 0 Å². The zero-order valence-corrected chi connectivity index (χ0v) is 7.51. The monoisotopic (exact) mass is 185 g/mol. The van der Waals surface area contributed by atoms with Crippen molar-refractivity contribution in [3.05, 3.63) is 5.82 Å². The van der Waals surface area contributed by atoms with Crippen LogP contribution in [0.2, 0.25) is 0 Å². The van der Waals surface area contributed by atoms with Gasteiger partial charge in [0, 0.05) is 6.42 Å². The molecule has 0 aromatic carbocycles. The highest BCUT2D eigenvalue weighted by Gasteiger charge is 2.18. The lowest BCUT2D eigenvalue weighted by Gasteiger charge is -2.01. The fourth-order valence-electron chi connectivity index (χ4n) is 1.35. The van der Waals surface area contributed by atoms with Crippen LogP contribution in [0.25, 0.3) is 0 Å². The summed E-state index contributed by atoms with van der Waals surface area (Å²) >= 11 is 1.99. The Kier molecular flexibility index (Phi) is 2.21. The summed E-state index contributed by atoms with van der Waals surface area (Å²) in [6.45, 7) is 0. The van der Waals surface area contributed by atoms with Crippen molar-refractivity contribution in [1.82, 2.24) is 10.1 Å². The number of nitrogens with two attached hydrogens (primary N) is 1. The molecule has 0 amide bonds. The molecule has 0 aliphatic carbocycles. The lowest BCUT2D eigenvalue weighted by molar-refractivity contribution is 0.420. The van der Waals surface area contributed by atoms with Crippen LogP contribution in [-0.4, -0.2) is 21.6 Å². The highest BCUT2D eigenvalue weighted by Crippen LogP contribution is 2.25. The van der Waals surface area contributed by atoms with Crippen molar-refractivity contribution in [2.24, 2.45) is 5.92 Å². The van der Waals surface area contributed by atoms with Crippen molar-refractivity contribution in [2.75, 3.05) is 17.2 Å². The number of aromatic nitrogens is 2. The van der Waals surface area contributed by atoms with E-state index in [1.165, 1.54) is 17.9 Å². The molecule has 1 aliphatic rings. The Labute approximate surface area is 74.9 Å². The Bertz CT molecular complexity index is 257. The molecule has 1 fully saturated rings. The SMILES string of the molecule is Nc1nc(CC2CCSC2)no1. The molecule has 1 aromatic heterocycles. The van der Waals surface area contributed by atoms with E-state index in [1.807, 2.05) is 11.8 Å². The van der Waals surface area contributed by atoms with E-state index in [2.05, 4.69) is 14.7 Å². The summed E-state index contributed by atoms with van der Waals surface area (Å²) in [5, 5.41) is 3.76. The van der Waals surface area contributed by atoms with E-state index < -0.39 is 0 Å². The first-order chi connectivity index (χ1) is 5.84. The third kappa shape index (κ3) is 1.72. The van der Waals surface area contributed by atoms with Gasteiger partial charge in [-0.15, -0.1) is 0 Å². The summed E-state index contributed by atoms with van der Waals surface area (Å²) < 4.78 is 4.68. The van der Waals surface area contributed by atoms with E-state index in [0.717, 1.165) is 12.2 Å². The summed E-state index contributed by atoms with van der Waals surface area (Å²) in [7, 11) is 0. The number of nitrogen functional groups attached to an aromatic ring is 1. The van der Waals surface area contributed by atoms with Gasteiger partial charge in [-0.3, -0.25) is 0 Å². The van der Waals surface area contributed by atoms with E-state index in [-0.39, 0.29) is 6.01 Å². The third-order valence-electron chi connectivity index (χ3n) is 1.98. The quantitative estimate of drug-likeness (QED) is 0.743. The van der Waals surface area contributed by atoms with Crippen LogP contribution >= 0.6 is 11.8 Å². The fourth-order valence-corrected chi connectivity index (χ4v) is 2.64. The molecule has 1 atom stereocenters. The Hall–Kier alpha value is -0.710. The molecule has 12 heavy (non-hydrogen) atoms. The zero-order valence-electron chi connectivity index (χ0n) is 6.69. The molecule has 66 valence electrons. The van der Waals surface area contributed by atoms with E-state index >= 15 is 0 Å². The van der Waals surface area contributed by atoms with Crippen LogP contribution in [0.3, 0.4) is 0 Å². The Morgan fingerprint density at radius 1 is 1.67 bits per heavy atom. The van der Waals surface area contributed by atoms with Crippen LogP contribution in [-0.2, 0) is 6.42 Å². The van der Waals surface area contributed by atoms with Crippen LogP contribution in [0.5, 0.6) is 0 Å². The number of nitrogens with zero attached hydrogens (tertiary/aromatic N) is 2. The summed E-state index contributed by atoms with van der Waals surface area (Å²) in [5.74, 6) is 3.94. The second-order valence-corrected chi connectivity index (χ2v) is 4.13. The van der Waals surface area contributed by atoms with Gasteiger partial charge in [-0.2, -0.15) is 16.7 Å². The van der Waals surface area contributed by atoms with Gasteiger partial charge in [-0.1, -0.05) is 5.16 Å². The Morgan fingerprint density at radius 3 is 3.17 bits per heavy atom. The number of anilines is 1. The minimum atomic E-state index is 0.177. The third-order valence-corrected chi connectivity index (χ3v) is 3.21. The minimum absolute atomic E-state index is 0.177. The van der Waals surface area contributed by atoms with E-state index in [9.17, 15) is 0 Å². The van der Waals surface area contributed by atoms with E-state index in [4.69, 9.17) is 5.73 Å². The second kappa shape index (κ2) is 3.35. The van der Waals surface area contributed by atoms with E-state index in [1.54, 1.807) is 0 Å². The Balaban J connectivity index is 1.94. The maximum atomic E-state index is 5.31. The molecule has 1 aromatic rings. The van der Waals surface area contributed by atoms with Crippen LogP contribution in [0, 0.1) is 5.92 Å². The average Bonchev–Trinajstić information content (AvgIpc) is 2.63. The van der Waals surface area contributed by atoms with Crippen LogP contribution in [0.1, 0.15) is 12.2 Å². The van der Waals surface area contributed by atoms with Gasteiger partial charge in [0.2, 0.25) is 0 Å². The molecule has 0 spiro atoms. The smallest absolute Gasteiger partial charge is 0.318 e. The molecular weight excluding hydrogens is 174 g/mol. The molecule has 1 unspecified atom stereocenters. The van der Waals surface area contributed by atoms with Gasteiger partial charge in [0.05, 0.1) is 0 Å². The van der Waals surface area contributed by atoms with Crippen molar-refractivity contribution in [1.29, 1.82) is 0 Å². The van der Waals surface area contributed by atoms with Crippen LogP contribution in [0.15, 0.2) is 4.52 Å². The number of thioether (sulfide) groups is 1.